The van der Waals surface area contributed by atoms with Crippen molar-refractivity contribution in [1.29, 1.82) is 0 Å². The SMILES string of the molecule is COc1ccccc1S(=O)(=O)N1CCCN(CCO)CC1. The molecule has 118 valence electrons. The number of aliphatic hydroxyl groups is 1. The molecule has 0 amide bonds. The summed E-state index contributed by atoms with van der Waals surface area (Å²) in [6.45, 7) is 3.04. The zero-order valence-electron chi connectivity index (χ0n) is 12.2. The number of rotatable bonds is 5. The van der Waals surface area contributed by atoms with Crippen molar-refractivity contribution in [3.05, 3.63) is 24.3 Å². The lowest BCUT2D eigenvalue weighted by molar-refractivity contribution is 0.202. The highest BCUT2D eigenvalue weighted by Crippen LogP contribution is 2.26. The summed E-state index contributed by atoms with van der Waals surface area (Å²) >= 11 is 0. The summed E-state index contributed by atoms with van der Waals surface area (Å²) in [6, 6.07) is 6.68. The Kier molecular flexibility index (Phi) is 5.58. The van der Waals surface area contributed by atoms with Gasteiger partial charge in [0.05, 0.1) is 13.7 Å². The van der Waals surface area contributed by atoms with Crippen LogP contribution in [0.25, 0.3) is 0 Å². The molecular formula is C14H22N2O4S. The molecule has 7 heteroatoms. The quantitative estimate of drug-likeness (QED) is 0.851. The van der Waals surface area contributed by atoms with E-state index in [4.69, 9.17) is 9.84 Å². The molecule has 1 fully saturated rings. The van der Waals surface area contributed by atoms with Gasteiger partial charge in [0.25, 0.3) is 0 Å². The fourth-order valence-electron chi connectivity index (χ4n) is 2.52. The maximum atomic E-state index is 12.8. The van der Waals surface area contributed by atoms with Crippen molar-refractivity contribution in [2.75, 3.05) is 46.4 Å². The van der Waals surface area contributed by atoms with E-state index >= 15 is 0 Å². The number of hydrogen-bond donors (Lipinski definition) is 1. The summed E-state index contributed by atoms with van der Waals surface area (Å²) in [6.07, 6.45) is 0.758. The predicted octanol–water partition coefficient (Wildman–Crippen LogP) is 0.384. The summed E-state index contributed by atoms with van der Waals surface area (Å²) in [5.74, 6) is 0.369. The number of aliphatic hydroxyl groups excluding tert-OH is 1. The summed E-state index contributed by atoms with van der Waals surface area (Å²) in [5, 5.41) is 8.99. The van der Waals surface area contributed by atoms with Gasteiger partial charge < -0.3 is 9.84 Å². The normalized spacial score (nSPS) is 18.4. The van der Waals surface area contributed by atoms with Crippen molar-refractivity contribution in [3.63, 3.8) is 0 Å². The molecular weight excluding hydrogens is 292 g/mol. The van der Waals surface area contributed by atoms with Crippen LogP contribution in [0.15, 0.2) is 29.2 Å². The molecule has 1 aromatic rings. The molecule has 1 heterocycles. The van der Waals surface area contributed by atoms with Crippen LogP contribution < -0.4 is 4.74 Å². The number of hydrogen-bond acceptors (Lipinski definition) is 5. The van der Waals surface area contributed by atoms with E-state index in [0.29, 0.717) is 31.9 Å². The number of sulfonamides is 1. The standard InChI is InChI=1S/C14H22N2O4S/c1-20-13-5-2-3-6-14(13)21(18,19)16-8-4-7-15(9-10-16)11-12-17/h2-3,5-6,17H,4,7-12H2,1H3. The first kappa shape index (κ1) is 16.2. The van der Waals surface area contributed by atoms with E-state index in [9.17, 15) is 8.42 Å². The third-order valence-corrected chi connectivity index (χ3v) is 5.59. The Morgan fingerprint density at radius 1 is 1.19 bits per heavy atom. The van der Waals surface area contributed by atoms with Crippen LogP contribution in [0.3, 0.4) is 0 Å². The summed E-state index contributed by atoms with van der Waals surface area (Å²) in [4.78, 5) is 2.29. The minimum atomic E-state index is -3.55. The van der Waals surface area contributed by atoms with Crippen molar-refractivity contribution in [2.45, 2.75) is 11.3 Å². The van der Waals surface area contributed by atoms with E-state index in [1.165, 1.54) is 11.4 Å². The van der Waals surface area contributed by atoms with Gasteiger partial charge >= 0.3 is 0 Å². The number of methoxy groups -OCH3 is 1. The summed E-state index contributed by atoms with van der Waals surface area (Å²) in [5.41, 5.74) is 0. The van der Waals surface area contributed by atoms with Crippen molar-refractivity contribution >= 4 is 10.0 Å². The van der Waals surface area contributed by atoms with Crippen LogP contribution in [0.5, 0.6) is 5.75 Å². The average molecular weight is 314 g/mol. The van der Waals surface area contributed by atoms with Crippen molar-refractivity contribution < 1.29 is 18.3 Å². The van der Waals surface area contributed by atoms with Gasteiger partial charge in [-0.15, -0.1) is 0 Å². The molecule has 21 heavy (non-hydrogen) atoms. The van der Waals surface area contributed by atoms with Crippen LogP contribution in [0.4, 0.5) is 0 Å². The number of nitrogens with zero attached hydrogens (tertiary/aromatic N) is 2. The van der Waals surface area contributed by atoms with E-state index < -0.39 is 10.0 Å². The van der Waals surface area contributed by atoms with Crippen molar-refractivity contribution in [3.8, 4) is 5.75 Å². The first-order valence-corrected chi connectivity index (χ1v) is 8.50. The largest absolute Gasteiger partial charge is 0.495 e. The van der Waals surface area contributed by atoms with Crippen LogP contribution in [-0.4, -0.2) is 69.2 Å². The highest BCUT2D eigenvalue weighted by molar-refractivity contribution is 7.89. The third kappa shape index (κ3) is 3.74. The fraction of sp³-hybridized carbons (Fsp3) is 0.571. The van der Waals surface area contributed by atoms with Gasteiger partial charge in [-0.05, 0) is 25.1 Å². The van der Waals surface area contributed by atoms with E-state index in [-0.39, 0.29) is 11.5 Å². The van der Waals surface area contributed by atoms with Gasteiger partial charge in [0.15, 0.2) is 0 Å². The van der Waals surface area contributed by atoms with Gasteiger partial charge in [0.1, 0.15) is 10.6 Å². The molecule has 0 bridgehead atoms. The maximum Gasteiger partial charge on any atom is 0.246 e. The second kappa shape index (κ2) is 7.22. The topological polar surface area (TPSA) is 70.1 Å². The molecule has 0 aliphatic carbocycles. The number of benzene rings is 1. The van der Waals surface area contributed by atoms with E-state index in [2.05, 4.69) is 4.90 Å². The molecule has 1 N–H and O–H groups in total. The lowest BCUT2D eigenvalue weighted by atomic mass is 10.3. The molecule has 6 nitrogen and oxygen atoms in total. The molecule has 1 saturated heterocycles. The monoisotopic (exact) mass is 314 g/mol. The first-order valence-electron chi connectivity index (χ1n) is 7.06. The Labute approximate surface area is 126 Å². The van der Waals surface area contributed by atoms with E-state index in [1.807, 2.05) is 0 Å². The number of β-amino-alcohol motifs (C(OH)–C–C–N with tert-alkyl or cyclic N) is 1. The van der Waals surface area contributed by atoms with Crippen molar-refractivity contribution in [1.82, 2.24) is 9.21 Å². The van der Waals surface area contributed by atoms with Crippen molar-refractivity contribution in [2.24, 2.45) is 0 Å². The second-order valence-electron chi connectivity index (χ2n) is 4.97. The Hall–Kier alpha value is -1.15. The molecule has 1 aromatic carbocycles. The third-order valence-electron chi connectivity index (χ3n) is 3.65. The Bertz CT molecular complexity index is 562. The van der Waals surface area contributed by atoms with Gasteiger partial charge in [-0.2, -0.15) is 4.31 Å². The zero-order valence-corrected chi connectivity index (χ0v) is 13.1. The zero-order chi connectivity index (χ0) is 15.3. The molecule has 0 aromatic heterocycles. The Balaban J connectivity index is 2.19. The number of ether oxygens (including phenoxy) is 1. The molecule has 0 radical (unpaired) electrons. The van der Waals surface area contributed by atoms with Gasteiger partial charge in [-0.3, -0.25) is 4.90 Å². The summed E-state index contributed by atoms with van der Waals surface area (Å²) < 4.78 is 32.2. The van der Waals surface area contributed by atoms with Gasteiger partial charge in [-0.25, -0.2) is 8.42 Å². The Morgan fingerprint density at radius 3 is 2.67 bits per heavy atom. The lowest BCUT2D eigenvalue weighted by Crippen LogP contribution is -2.36. The van der Waals surface area contributed by atoms with Crippen LogP contribution in [0.2, 0.25) is 0 Å². The minimum Gasteiger partial charge on any atom is -0.495 e. The highest BCUT2D eigenvalue weighted by atomic mass is 32.2. The van der Waals surface area contributed by atoms with Crippen LogP contribution in [-0.2, 0) is 10.0 Å². The van der Waals surface area contributed by atoms with Crippen LogP contribution in [0.1, 0.15) is 6.42 Å². The predicted molar refractivity (Wildman–Crippen MR) is 79.9 cm³/mol. The highest BCUT2D eigenvalue weighted by Gasteiger charge is 2.29. The Morgan fingerprint density at radius 2 is 1.95 bits per heavy atom. The number of para-hydroxylation sites is 1. The fourth-order valence-corrected chi connectivity index (χ4v) is 4.15. The smallest absolute Gasteiger partial charge is 0.246 e. The molecule has 1 aliphatic rings. The summed E-state index contributed by atoms with van der Waals surface area (Å²) in [7, 11) is -2.08. The van der Waals surface area contributed by atoms with Crippen LogP contribution >= 0.6 is 0 Å². The lowest BCUT2D eigenvalue weighted by Gasteiger charge is -2.22. The van der Waals surface area contributed by atoms with Gasteiger partial charge in [0.2, 0.25) is 10.0 Å². The van der Waals surface area contributed by atoms with Crippen LogP contribution in [0, 0.1) is 0 Å². The van der Waals surface area contributed by atoms with E-state index in [1.54, 1.807) is 24.3 Å². The van der Waals surface area contributed by atoms with E-state index in [0.717, 1.165) is 13.0 Å². The molecule has 0 spiro atoms. The minimum absolute atomic E-state index is 0.0965. The average Bonchev–Trinajstić information content (AvgIpc) is 2.74. The molecule has 0 atom stereocenters. The molecule has 1 aliphatic heterocycles. The molecule has 2 rings (SSSR count). The van der Waals surface area contributed by atoms with Gasteiger partial charge in [-0.1, -0.05) is 12.1 Å². The molecule has 0 unspecified atom stereocenters. The van der Waals surface area contributed by atoms with Gasteiger partial charge in [0, 0.05) is 26.2 Å². The second-order valence-corrected chi connectivity index (χ2v) is 6.88. The first-order chi connectivity index (χ1) is 10.1. The maximum absolute atomic E-state index is 12.8. The molecule has 0 saturated carbocycles.